The van der Waals surface area contributed by atoms with Crippen molar-refractivity contribution in [1.82, 2.24) is 5.32 Å². The van der Waals surface area contributed by atoms with Gasteiger partial charge in [0.25, 0.3) is 0 Å². The van der Waals surface area contributed by atoms with Crippen molar-refractivity contribution in [2.75, 3.05) is 19.0 Å². The Kier molecular flexibility index (Phi) is 3.76. The van der Waals surface area contributed by atoms with Crippen LogP contribution in [0.3, 0.4) is 0 Å². The van der Waals surface area contributed by atoms with Gasteiger partial charge in [-0.2, -0.15) is 21.6 Å². The van der Waals surface area contributed by atoms with E-state index in [0.29, 0.717) is 0 Å². The molecular formula is C6H8F3NO5S. The third-order valence-corrected chi connectivity index (χ3v) is 2.56. The van der Waals surface area contributed by atoms with Crippen LogP contribution >= 0.6 is 0 Å². The van der Waals surface area contributed by atoms with E-state index in [9.17, 15) is 26.4 Å². The van der Waals surface area contributed by atoms with E-state index >= 15 is 0 Å². The lowest BCUT2D eigenvalue weighted by Crippen LogP contribution is -2.49. The van der Waals surface area contributed by atoms with Gasteiger partial charge in [0.2, 0.25) is 5.94 Å². The highest BCUT2D eigenvalue weighted by Crippen LogP contribution is 2.17. The summed E-state index contributed by atoms with van der Waals surface area (Å²) in [6.45, 7) is 0.568. The molecule has 0 amide bonds. The lowest BCUT2D eigenvalue weighted by atomic mass is 10.2. The van der Waals surface area contributed by atoms with Gasteiger partial charge in [-0.1, -0.05) is 0 Å². The number of alkyl halides is 3. The molecule has 16 heavy (non-hydrogen) atoms. The summed E-state index contributed by atoms with van der Waals surface area (Å²) in [5.74, 6) is -4.01. The van der Waals surface area contributed by atoms with Crippen LogP contribution < -0.4 is 5.32 Å². The average molecular weight is 263 g/mol. The number of esters is 1. The Morgan fingerprint density at radius 3 is 2.31 bits per heavy atom. The molecule has 0 radical (unpaired) electrons. The molecule has 1 saturated heterocycles. The first kappa shape index (κ1) is 13.2. The van der Waals surface area contributed by atoms with Crippen molar-refractivity contribution in [2.24, 2.45) is 0 Å². The zero-order chi connectivity index (χ0) is 12.4. The highest BCUT2D eigenvalue weighted by molar-refractivity contribution is 7.86. The number of hydrogen-bond acceptors (Lipinski definition) is 6. The fraction of sp³-hybridized carbons (Fsp3) is 0.833. The summed E-state index contributed by atoms with van der Waals surface area (Å²) in [7, 11) is -4.28. The molecule has 0 aromatic heterocycles. The van der Waals surface area contributed by atoms with Gasteiger partial charge in [0.1, 0.15) is 6.10 Å². The van der Waals surface area contributed by atoms with E-state index in [-0.39, 0.29) is 13.1 Å². The van der Waals surface area contributed by atoms with Crippen LogP contribution in [0.4, 0.5) is 13.2 Å². The Bertz CT molecular complexity index is 361. The molecule has 10 heteroatoms. The van der Waals surface area contributed by atoms with Crippen LogP contribution in [-0.2, 0) is 23.8 Å². The van der Waals surface area contributed by atoms with Gasteiger partial charge in [-0.25, -0.2) is 4.79 Å². The molecule has 1 aliphatic heterocycles. The molecule has 1 N–H and O–H groups in total. The fourth-order valence-electron chi connectivity index (χ4n) is 0.773. The average Bonchev–Trinajstić information content (AvgIpc) is 2.06. The molecule has 1 rings (SSSR count). The first-order valence-electron chi connectivity index (χ1n) is 4.06. The third-order valence-electron chi connectivity index (χ3n) is 1.59. The van der Waals surface area contributed by atoms with E-state index in [0.717, 1.165) is 0 Å². The first-order valence-corrected chi connectivity index (χ1v) is 5.64. The molecule has 0 atom stereocenters. The second kappa shape index (κ2) is 4.55. The smallest absolute Gasteiger partial charge is 0.440 e. The summed E-state index contributed by atoms with van der Waals surface area (Å²) in [6.07, 6.45) is -5.83. The molecule has 0 aliphatic carbocycles. The fourth-order valence-corrected chi connectivity index (χ4v) is 1.63. The van der Waals surface area contributed by atoms with Gasteiger partial charge in [0.05, 0.1) is 0 Å². The van der Waals surface area contributed by atoms with Gasteiger partial charge in [0.15, 0.2) is 0 Å². The summed E-state index contributed by atoms with van der Waals surface area (Å²) in [4.78, 5) is 10.2. The van der Waals surface area contributed by atoms with Gasteiger partial charge in [-0.3, -0.25) is 4.18 Å². The molecule has 0 saturated carbocycles. The Morgan fingerprint density at radius 1 is 1.38 bits per heavy atom. The maximum absolute atomic E-state index is 11.6. The van der Waals surface area contributed by atoms with Crippen molar-refractivity contribution in [3.05, 3.63) is 0 Å². The van der Waals surface area contributed by atoms with Gasteiger partial charge in [-0.15, -0.1) is 0 Å². The molecule has 0 aromatic rings. The van der Waals surface area contributed by atoms with Crippen molar-refractivity contribution >= 4 is 16.1 Å². The Morgan fingerprint density at radius 2 is 1.94 bits per heavy atom. The van der Waals surface area contributed by atoms with Crippen molar-refractivity contribution in [3.8, 4) is 0 Å². The van der Waals surface area contributed by atoms with Gasteiger partial charge >= 0.3 is 22.3 Å². The summed E-state index contributed by atoms with van der Waals surface area (Å²) >= 11 is 0. The third kappa shape index (κ3) is 3.94. The Balaban J connectivity index is 2.38. The van der Waals surface area contributed by atoms with Crippen LogP contribution in [-0.4, -0.2) is 45.7 Å². The number of ether oxygens (including phenoxy) is 1. The van der Waals surface area contributed by atoms with E-state index in [1.54, 1.807) is 0 Å². The number of carbonyl (C=O) groups is 1. The minimum absolute atomic E-state index is 0.284. The zero-order valence-corrected chi connectivity index (χ0v) is 8.60. The van der Waals surface area contributed by atoms with E-state index in [2.05, 4.69) is 14.2 Å². The maximum Gasteiger partial charge on any atom is 0.490 e. The maximum atomic E-state index is 11.6. The lowest BCUT2D eigenvalue weighted by Gasteiger charge is -2.25. The summed E-state index contributed by atoms with van der Waals surface area (Å²) < 4.78 is 64.8. The van der Waals surface area contributed by atoms with Crippen LogP contribution in [0, 0.1) is 0 Å². The second-order valence-corrected chi connectivity index (χ2v) is 4.53. The number of halogens is 3. The number of carbonyl (C=O) groups excluding carboxylic acids is 1. The highest BCUT2D eigenvalue weighted by atomic mass is 32.2. The van der Waals surface area contributed by atoms with E-state index in [4.69, 9.17) is 0 Å². The second-order valence-electron chi connectivity index (χ2n) is 2.98. The quantitative estimate of drug-likeness (QED) is 0.537. The molecular weight excluding hydrogens is 255 g/mol. The zero-order valence-electron chi connectivity index (χ0n) is 7.78. The minimum atomic E-state index is -5.21. The van der Waals surface area contributed by atoms with Crippen molar-refractivity contribution < 1.29 is 35.3 Å². The molecule has 1 heterocycles. The number of nitrogens with one attached hydrogen (secondary N) is 1. The monoisotopic (exact) mass is 263 g/mol. The summed E-state index contributed by atoms with van der Waals surface area (Å²) in [5.41, 5.74) is 0. The summed E-state index contributed by atoms with van der Waals surface area (Å²) in [6, 6.07) is 0. The van der Waals surface area contributed by atoms with E-state index in [1.807, 2.05) is 0 Å². The van der Waals surface area contributed by atoms with Gasteiger partial charge in [0, 0.05) is 13.1 Å². The highest BCUT2D eigenvalue weighted by Gasteiger charge is 2.42. The number of rotatable bonds is 4. The van der Waals surface area contributed by atoms with Crippen LogP contribution in [0.2, 0.25) is 0 Å². The molecule has 0 aromatic carbocycles. The molecule has 0 unspecified atom stereocenters. The lowest BCUT2D eigenvalue weighted by molar-refractivity contribution is -0.197. The van der Waals surface area contributed by atoms with Crippen LogP contribution in [0.1, 0.15) is 0 Å². The van der Waals surface area contributed by atoms with E-state index in [1.165, 1.54) is 0 Å². The standard InChI is InChI=1S/C6H8F3NO5S/c7-6(8,9)5(11)14-3-16(12,13)15-4-1-10-2-4/h4,10H,1-3H2. The van der Waals surface area contributed by atoms with Gasteiger partial charge in [-0.05, 0) is 0 Å². The van der Waals surface area contributed by atoms with Gasteiger partial charge < -0.3 is 10.1 Å². The molecule has 1 fully saturated rings. The molecule has 6 nitrogen and oxygen atoms in total. The van der Waals surface area contributed by atoms with Crippen LogP contribution in [0.15, 0.2) is 0 Å². The van der Waals surface area contributed by atoms with Crippen molar-refractivity contribution in [1.29, 1.82) is 0 Å². The van der Waals surface area contributed by atoms with Crippen molar-refractivity contribution in [2.45, 2.75) is 12.3 Å². The molecule has 0 bridgehead atoms. The normalized spacial score (nSPS) is 17.9. The topological polar surface area (TPSA) is 81.7 Å². The Hall–Kier alpha value is -0.870. The minimum Gasteiger partial charge on any atom is -0.440 e. The molecule has 1 aliphatic rings. The predicted octanol–water partition coefficient (Wildman–Crippen LogP) is -0.632. The first-order chi connectivity index (χ1) is 7.21. The molecule has 0 spiro atoms. The number of hydrogen-bond donors (Lipinski definition) is 1. The Labute approximate surface area is 88.8 Å². The van der Waals surface area contributed by atoms with Crippen LogP contribution in [0.5, 0.6) is 0 Å². The SMILES string of the molecule is O=C(OCS(=O)(=O)OC1CNC1)C(F)(F)F. The van der Waals surface area contributed by atoms with E-state index < -0.39 is 34.3 Å². The molecule has 94 valence electrons. The summed E-state index contributed by atoms with van der Waals surface area (Å²) in [5, 5.41) is 2.70. The van der Waals surface area contributed by atoms with Crippen LogP contribution in [0.25, 0.3) is 0 Å². The van der Waals surface area contributed by atoms with Crippen molar-refractivity contribution in [3.63, 3.8) is 0 Å². The largest absolute Gasteiger partial charge is 0.490 e. The predicted molar refractivity (Wildman–Crippen MR) is 43.7 cm³/mol.